The van der Waals surface area contributed by atoms with E-state index in [0.717, 1.165) is 19.5 Å². The summed E-state index contributed by atoms with van der Waals surface area (Å²) < 4.78 is 1.39. The van der Waals surface area contributed by atoms with Crippen LogP contribution in [0.4, 0.5) is 0 Å². The zero-order valence-corrected chi connectivity index (χ0v) is 15.2. The summed E-state index contributed by atoms with van der Waals surface area (Å²) >= 11 is 5.55. The predicted molar refractivity (Wildman–Crippen MR) is 102 cm³/mol. The number of benzene rings is 1. The second kappa shape index (κ2) is 5.95. The maximum Gasteiger partial charge on any atom is 0.168 e. The van der Waals surface area contributed by atoms with Crippen LogP contribution >= 0.6 is 34.9 Å². The molecule has 114 valence electrons. The molecule has 0 amide bonds. The van der Waals surface area contributed by atoms with Gasteiger partial charge in [0.15, 0.2) is 5.17 Å². The molecular formula is C17H18N2S3. The van der Waals surface area contributed by atoms with Crippen LogP contribution in [0.3, 0.4) is 0 Å². The van der Waals surface area contributed by atoms with Crippen molar-refractivity contribution in [2.45, 2.75) is 24.7 Å². The van der Waals surface area contributed by atoms with Crippen molar-refractivity contribution >= 4 is 55.8 Å². The standard InChI is InChI=1S/C17H18N2S3/c1-3-4-14-16(19-7-6-18-17(19)22-14)13-9-11(20-2)10-15-12(13)5-8-21-15/h5,8-10H,3-4,6-7H2,1-2H3. The molecule has 2 nitrogen and oxygen atoms in total. The summed E-state index contributed by atoms with van der Waals surface area (Å²) in [6.45, 7) is 4.22. The number of thioether (sulfide) groups is 2. The van der Waals surface area contributed by atoms with Crippen molar-refractivity contribution in [1.82, 2.24) is 4.90 Å². The van der Waals surface area contributed by atoms with Crippen LogP contribution < -0.4 is 0 Å². The number of rotatable bonds is 4. The van der Waals surface area contributed by atoms with Gasteiger partial charge in [-0.2, -0.15) is 0 Å². The van der Waals surface area contributed by atoms with Gasteiger partial charge in [0.2, 0.25) is 0 Å². The molecule has 0 aliphatic carbocycles. The Hall–Kier alpha value is -0.910. The monoisotopic (exact) mass is 346 g/mol. The first kappa shape index (κ1) is 14.7. The molecule has 0 unspecified atom stereocenters. The van der Waals surface area contributed by atoms with Crippen molar-refractivity contribution < 1.29 is 0 Å². The van der Waals surface area contributed by atoms with Crippen molar-refractivity contribution in [2.75, 3.05) is 19.3 Å². The van der Waals surface area contributed by atoms with E-state index in [1.807, 2.05) is 34.9 Å². The van der Waals surface area contributed by atoms with Gasteiger partial charge >= 0.3 is 0 Å². The fraction of sp³-hybridized carbons (Fsp3) is 0.353. The first-order valence-corrected chi connectivity index (χ1v) is 10.5. The average Bonchev–Trinajstić information content (AvgIpc) is 3.21. The minimum absolute atomic E-state index is 0.931. The van der Waals surface area contributed by atoms with Crippen molar-refractivity contribution in [3.63, 3.8) is 0 Å². The summed E-state index contributed by atoms with van der Waals surface area (Å²) in [6.07, 6.45) is 4.48. The third-order valence-electron chi connectivity index (χ3n) is 4.06. The molecule has 0 spiro atoms. The van der Waals surface area contributed by atoms with E-state index in [9.17, 15) is 0 Å². The molecule has 0 fully saturated rings. The summed E-state index contributed by atoms with van der Waals surface area (Å²) in [4.78, 5) is 9.96. The number of nitrogens with zero attached hydrogens (tertiary/aromatic N) is 2. The number of allylic oxidation sites excluding steroid dienone is 1. The van der Waals surface area contributed by atoms with Crippen LogP contribution in [0.15, 0.2) is 38.4 Å². The average molecular weight is 347 g/mol. The maximum absolute atomic E-state index is 4.68. The van der Waals surface area contributed by atoms with Crippen molar-refractivity contribution in [3.05, 3.63) is 34.0 Å². The Morgan fingerprint density at radius 2 is 2.27 bits per heavy atom. The van der Waals surface area contributed by atoms with Gasteiger partial charge in [-0.25, -0.2) is 0 Å². The van der Waals surface area contributed by atoms with Gasteiger partial charge in [-0.15, -0.1) is 23.1 Å². The summed E-state index contributed by atoms with van der Waals surface area (Å²) in [5.74, 6) is 0. The highest BCUT2D eigenvalue weighted by Gasteiger charge is 2.33. The van der Waals surface area contributed by atoms with Crippen molar-refractivity contribution in [3.8, 4) is 0 Å². The van der Waals surface area contributed by atoms with E-state index in [0.29, 0.717) is 0 Å². The molecule has 22 heavy (non-hydrogen) atoms. The van der Waals surface area contributed by atoms with E-state index in [1.165, 1.54) is 42.7 Å². The van der Waals surface area contributed by atoms with Crippen LogP contribution in [0.5, 0.6) is 0 Å². The highest BCUT2D eigenvalue weighted by atomic mass is 32.2. The second-order valence-corrected chi connectivity index (χ2v) is 8.34. The molecule has 0 saturated heterocycles. The minimum atomic E-state index is 0.931. The SMILES string of the molecule is CCCC1=C(c2cc(SC)cc3sccc23)N2CCN=C2S1. The minimum Gasteiger partial charge on any atom is -0.318 e. The Morgan fingerprint density at radius 1 is 1.36 bits per heavy atom. The highest BCUT2D eigenvalue weighted by Crippen LogP contribution is 2.46. The smallest absolute Gasteiger partial charge is 0.168 e. The lowest BCUT2D eigenvalue weighted by Gasteiger charge is -2.19. The quantitative estimate of drug-likeness (QED) is 0.679. The van der Waals surface area contributed by atoms with Crippen molar-refractivity contribution in [1.29, 1.82) is 0 Å². The Kier molecular flexibility index (Phi) is 3.96. The Balaban J connectivity index is 1.93. The van der Waals surface area contributed by atoms with Gasteiger partial charge in [0.05, 0.1) is 12.2 Å². The van der Waals surface area contributed by atoms with Crippen LogP contribution in [0.1, 0.15) is 25.3 Å². The first-order valence-electron chi connectivity index (χ1n) is 7.60. The first-order chi connectivity index (χ1) is 10.8. The molecule has 1 aromatic carbocycles. The summed E-state index contributed by atoms with van der Waals surface area (Å²) in [6, 6.07) is 6.95. The molecule has 1 aromatic heterocycles. The largest absolute Gasteiger partial charge is 0.318 e. The van der Waals surface area contributed by atoms with E-state index in [1.54, 1.807) is 0 Å². The van der Waals surface area contributed by atoms with Crippen LogP contribution in [0, 0.1) is 0 Å². The van der Waals surface area contributed by atoms with Gasteiger partial charge in [0, 0.05) is 32.0 Å². The number of fused-ring (bicyclic) bond motifs is 2. The molecular weight excluding hydrogens is 328 g/mol. The zero-order chi connectivity index (χ0) is 15.1. The molecule has 0 saturated carbocycles. The molecule has 5 heteroatoms. The molecule has 2 aromatic rings. The maximum atomic E-state index is 4.68. The number of hydrogen-bond acceptors (Lipinski definition) is 5. The van der Waals surface area contributed by atoms with Gasteiger partial charge < -0.3 is 4.90 Å². The lowest BCUT2D eigenvalue weighted by molar-refractivity contribution is 0.646. The van der Waals surface area contributed by atoms with E-state index in [4.69, 9.17) is 0 Å². The van der Waals surface area contributed by atoms with Gasteiger partial charge in [-0.1, -0.05) is 25.1 Å². The molecule has 3 heterocycles. The summed E-state index contributed by atoms with van der Waals surface area (Å²) in [7, 11) is 0. The lowest BCUT2D eigenvalue weighted by atomic mass is 10.0. The van der Waals surface area contributed by atoms with Crippen LogP contribution in [-0.2, 0) is 0 Å². The lowest BCUT2D eigenvalue weighted by Crippen LogP contribution is -2.20. The normalized spacial score (nSPS) is 17.5. The molecule has 0 atom stereocenters. The number of amidine groups is 1. The van der Waals surface area contributed by atoms with Gasteiger partial charge in [-0.05, 0) is 36.3 Å². The van der Waals surface area contributed by atoms with E-state index in [-0.39, 0.29) is 0 Å². The van der Waals surface area contributed by atoms with E-state index >= 15 is 0 Å². The van der Waals surface area contributed by atoms with Gasteiger partial charge in [0.25, 0.3) is 0 Å². The number of hydrogen-bond donors (Lipinski definition) is 0. The van der Waals surface area contributed by atoms with Crippen LogP contribution in [-0.4, -0.2) is 29.4 Å². The van der Waals surface area contributed by atoms with Gasteiger partial charge in [-0.3, -0.25) is 4.99 Å². The van der Waals surface area contributed by atoms with E-state index < -0.39 is 0 Å². The van der Waals surface area contributed by atoms with Crippen LogP contribution in [0.25, 0.3) is 15.8 Å². The van der Waals surface area contributed by atoms with Crippen LogP contribution in [0.2, 0.25) is 0 Å². The fourth-order valence-electron chi connectivity index (χ4n) is 3.08. The Labute approximate surface area is 143 Å². The predicted octanol–water partition coefficient (Wildman–Crippen LogP) is 5.51. The molecule has 0 radical (unpaired) electrons. The summed E-state index contributed by atoms with van der Waals surface area (Å²) in [5.41, 5.74) is 2.81. The number of thiophene rings is 1. The highest BCUT2D eigenvalue weighted by molar-refractivity contribution is 8.17. The number of aliphatic imine (C=N–C) groups is 1. The molecule has 0 N–H and O–H groups in total. The second-order valence-electron chi connectivity index (χ2n) is 5.45. The topological polar surface area (TPSA) is 15.6 Å². The Morgan fingerprint density at radius 3 is 3.09 bits per heavy atom. The molecule has 2 aliphatic rings. The van der Waals surface area contributed by atoms with Crippen molar-refractivity contribution in [2.24, 2.45) is 4.99 Å². The molecule has 0 bridgehead atoms. The van der Waals surface area contributed by atoms with Gasteiger partial charge in [0.1, 0.15) is 0 Å². The Bertz CT molecular complexity index is 788. The third kappa shape index (κ3) is 2.30. The third-order valence-corrected chi connectivity index (χ3v) is 6.81. The fourth-order valence-corrected chi connectivity index (χ4v) is 5.77. The molecule has 4 rings (SSSR count). The zero-order valence-electron chi connectivity index (χ0n) is 12.8. The molecule has 2 aliphatic heterocycles. The van der Waals surface area contributed by atoms with E-state index in [2.05, 4.69) is 46.7 Å². The summed E-state index contributed by atoms with van der Waals surface area (Å²) in [5, 5.41) is 4.80.